The van der Waals surface area contributed by atoms with E-state index in [1.165, 1.54) is 10.4 Å². The fraction of sp³-hybridized carbons (Fsp3) is 0.368. The first kappa shape index (κ1) is 18.2. The number of ether oxygens (including phenoxy) is 2. The lowest BCUT2D eigenvalue weighted by Gasteiger charge is -2.32. The largest absolute Gasteiger partial charge is 0.497 e. The molecule has 1 atom stereocenters. The fourth-order valence-electron chi connectivity index (χ4n) is 3.41. The van der Waals surface area contributed by atoms with Crippen molar-refractivity contribution in [1.29, 1.82) is 0 Å². The zero-order valence-electron chi connectivity index (χ0n) is 15.5. The highest BCUT2D eigenvalue weighted by Gasteiger charge is 2.26. The van der Waals surface area contributed by atoms with Gasteiger partial charge >= 0.3 is 0 Å². The summed E-state index contributed by atoms with van der Waals surface area (Å²) in [6.45, 7) is 3.80. The van der Waals surface area contributed by atoms with Gasteiger partial charge in [0, 0.05) is 23.5 Å². The van der Waals surface area contributed by atoms with Crippen molar-refractivity contribution >= 4 is 23.6 Å². The fourth-order valence-corrected chi connectivity index (χ4v) is 4.55. The van der Waals surface area contributed by atoms with Gasteiger partial charge in [-0.25, -0.2) is 4.68 Å². The van der Waals surface area contributed by atoms with Crippen LogP contribution < -0.4 is 9.47 Å². The normalized spacial score (nSPS) is 16.9. The second-order valence-electron chi connectivity index (χ2n) is 6.42. The number of nitrogens with zero attached hydrogens (tertiary/aromatic N) is 3. The van der Waals surface area contributed by atoms with Crippen LogP contribution in [0.1, 0.15) is 23.4 Å². The first-order chi connectivity index (χ1) is 13.1. The van der Waals surface area contributed by atoms with Crippen LogP contribution in [0.15, 0.2) is 34.1 Å². The molecule has 1 aliphatic rings. The molecule has 0 saturated carbocycles. The minimum absolute atomic E-state index is 0.331. The minimum Gasteiger partial charge on any atom is -0.497 e. The van der Waals surface area contributed by atoms with Gasteiger partial charge in [-0.2, -0.15) is 0 Å². The number of rotatable bonds is 5. The number of hydrogen-bond donors (Lipinski definition) is 0. The van der Waals surface area contributed by atoms with Gasteiger partial charge in [0.25, 0.3) is 10.7 Å². The van der Waals surface area contributed by atoms with E-state index >= 15 is 0 Å². The number of hydrogen-bond acceptors (Lipinski definition) is 7. The van der Waals surface area contributed by atoms with Gasteiger partial charge in [-0.1, -0.05) is 0 Å². The SMILES string of the molecule is COc1ccc(-c2nn(CN3CCc4sccc4[C@@H]3C)c(=S)o2)c(OC)c1. The Labute approximate surface area is 166 Å². The lowest BCUT2D eigenvalue weighted by Crippen LogP contribution is -2.35. The number of methoxy groups -OCH3 is 2. The summed E-state index contributed by atoms with van der Waals surface area (Å²) in [7, 11) is 3.23. The molecular weight excluding hydrogens is 382 g/mol. The molecule has 8 heteroatoms. The maximum atomic E-state index is 5.77. The van der Waals surface area contributed by atoms with Crippen molar-refractivity contribution in [3.8, 4) is 23.0 Å². The lowest BCUT2D eigenvalue weighted by molar-refractivity contribution is 0.142. The highest BCUT2D eigenvalue weighted by Crippen LogP contribution is 2.34. The van der Waals surface area contributed by atoms with Crippen molar-refractivity contribution < 1.29 is 13.9 Å². The Morgan fingerprint density at radius 3 is 2.93 bits per heavy atom. The van der Waals surface area contributed by atoms with E-state index in [0.717, 1.165) is 18.5 Å². The molecule has 0 radical (unpaired) electrons. The lowest BCUT2D eigenvalue weighted by atomic mass is 10.0. The summed E-state index contributed by atoms with van der Waals surface area (Å²) in [5, 5.41) is 6.77. The Morgan fingerprint density at radius 2 is 2.15 bits per heavy atom. The molecule has 2 aromatic heterocycles. The highest BCUT2D eigenvalue weighted by atomic mass is 32.1. The van der Waals surface area contributed by atoms with Crippen LogP contribution in [-0.4, -0.2) is 35.4 Å². The van der Waals surface area contributed by atoms with Gasteiger partial charge in [0.2, 0.25) is 0 Å². The summed E-state index contributed by atoms with van der Waals surface area (Å²) < 4.78 is 18.2. The van der Waals surface area contributed by atoms with Crippen LogP contribution in [0.25, 0.3) is 11.5 Å². The first-order valence-electron chi connectivity index (χ1n) is 8.71. The summed E-state index contributed by atoms with van der Waals surface area (Å²) in [5.41, 5.74) is 2.15. The maximum absolute atomic E-state index is 5.77. The number of aromatic nitrogens is 2. The molecule has 3 heterocycles. The Bertz CT molecular complexity index is 1010. The van der Waals surface area contributed by atoms with Crippen molar-refractivity contribution in [3.05, 3.63) is 44.9 Å². The molecule has 1 aromatic carbocycles. The van der Waals surface area contributed by atoms with E-state index in [1.807, 2.05) is 23.5 Å². The highest BCUT2D eigenvalue weighted by molar-refractivity contribution is 7.71. The molecule has 3 aromatic rings. The van der Waals surface area contributed by atoms with E-state index in [2.05, 4.69) is 28.4 Å². The van der Waals surface area contributed by atoms with Gasteiger partial charge in [-0.05, 0) is 54.7 Å². The third-order valence-corrected chi connectivity index (χ3v) is 6.26. The van der Waals surface area contributed by atoms with Crippen LogP contribution >= 0.6 is 23.6 Å². The van der Waals surface area contributed by atoms with E-state index in [1.54, 1.807) is 25.0 Å². The molecule has 0 fully saturated rings. The molecule has 0 aliphatic carbocycles. The van der Waals surface area contributed by atoms with Crippen LogP contribution in [0.5, 0.6) is 11.5 Å². The minimum atomic E-state index is 0.331. The molecule has 0 N–H and O–H groups in total. The topological polar surface area (TPSA) is 52.7 Å². The smallest absolute Gasteiger partial charge is 0.288 e. The Morgan fingerprint density at radius 1 is 1.30 bits per heavy atom. The van der Waals surface area contributed by atoms with E-state index in [9.17, 15) is 0 Å². The Kier molecular flexibility index (Phi) is 5.03. The molecule has 27 heavy (non-hydrogen) atoms. The quantitative estimate of drug-likeness (QED) is 0.584. The molecular formula is C19H21N3O3S2. The second-order valence-corrected chi connectivity index (χ2v) is 7.77. The third-order valence-electron chi connectivity index (χ3n) is 4.96. The zero-order chi connectivity index (χ0) is 19.0. The third kappa shape index (κ3) is 3.40. The monoisotopic (exact) mass is 403 g/mol. The van der Waals surface area contributed by atoms with Gasteiger partial charge in [0.05, 0.1) is 26.5 Å². The molecule has 1 aliphatic heterocycles. The van der Waals surface area contributed by atoms with E-state index in [4.69, 9.17) is 26.1 Å². The van der Waals surface area contributed by atoms with Crippen LogP contribution in [0.2, 0.25) is 0 Å². The van der Waals surface area contributed by atoms with Crippen LogP contribution in [0.4, 0.5) is 0 Å². The molecule has 0 bridgehead atoms. The summed E-state index contributed by atoms with van der Waals surface area (Å²) in [4.78, 5) is 4.19. The Hall–Kier alpha value is -2.16. The number of benzene rings is 1. The van der Waals surface area contributed by atoms with E-state index in [0.29, 0.717) is 34.9 Å². The molecule has 0 spiro atoms. The predicted molar refractivity (Wildman–Crippen MR) is 107 cm³/mol. The van der Waals surface area contributed by atoms with Crippen LogP contribution in [0, 0.1) is 4.84 Å². The van der Waals surface area contributed by atoms with Gasteiger partial charge in [0.15, 0.2) is 0 Å². The number of fused-ring (bicyclic) bond motifs is 1. The predicted octanol–water partition coefficient (Wildman–Crippen LogP) is 4.53. The first-order valence-corrected chi connectivity index (χ1v) is 10.00. The van der Waals surface area contributed by atoms with Gasteiger partial charge in [-0.3, -0.25) is 4.90 Å². The van der Waals surface area contributed by atoms with Gasteiger partial charge in [-0.15, -0.1) is 16.4 Å². The van der Waals surface area contributed by atoms with Crippen LogP contribution in [0.3, 0.4) is 0 Å². The second kappa shape index (κ2) is 7.46. The standard InChI is InChI=1S/C19H21N3O3S2/c1-12-14-7-9-27-17(14)6-8-21(12)11-22-19(26)25-18(20-22)15-5-4-13(23-2)10-16(15)24-3/h4-5,7,9-10,12H,6,8,11H2,1-3H3/t12-/m0/s1. The molecule has 4 rings (SSSR count). The van der Waals surface area contributed by atoms with E-state index < -0.39 is 0 Å². The van der Waals surface area contributed by atoms with E-state index in [-0.39, 0.29) is 0 Å². The number of thiophene rings is 1. The van der Waals surface area contributed by atoms with Crippen molar-refractivity contribution in [1.82, 2.24) is 14.7 Å². The molecule has 0 saturated heterocycles. The average molecular weight is 404 g/mol. The van der Waals surface area contributed by atoms with Crippen molar-refractivity contribution in [2.24, 2.45) is 0 Å². The zero-order valence-corrected chi connectivity index (χ0v) is 17.1. The average Bonchev–Trinajstić information content (AvgIpc) is 3.30. The van der Waals surface area contributed by atoms with Crippen molar-refractivity contribution in [3.63, 3.8) is 0 Å². The molecule has 6 nitrogen and oxygen atoms in total. The summed E-state index contributed by atoms with van der Waals surface area (Å²) in [6, 6.07) is 8.06. The molecule has 142 valence electrons. The van der Waals surface area contributed by atoms with Gasteiger partial charge < -0.3 is 13.9 Å². The Balaban J connectivity index is 1.60. The molecule has 0 amide bonds. The summed E-state index contributed by atoms with van der Waals surface area (Å²) >= 11 is 7.25. The van der Waals surface area contributed by atoms with Gasteiger partial charge in [0.1, 0.15) is 11.5 Å². The maximum Gasteiger partial charge on any atom is 0.288 e. The van der Waals surface area contributed by atoms with Crippen molar-refractivity contribution in [2.45, 2.75) is 26.1 Å². The van der Waals surface area contributed by atoms with Crippen molar-refractivity contribution in [2.75, 3.05) is 20.8 Å². The molecule has 0 unspecified atom stereocenters. The summed E-state index contributed by atoms with van der Waals surface area (Å²) in [6.07, 6.45) is 1.06. The summed E-state index contributed by atoms with van der Waals surface area (Å²) in [5.74, 6) is 1.79. The van der Waals surface area contributed by atoms with Crippen LogP contribution in [-0.2, 0) is 13.1 Å².